The van der Waals surface area contributed by atoms with Crippen LogP contribution in [-0.2, 0) is 16.1 Å². The minimum Gasteiger partial charge on any atom is -0.489 e. The van der Waals surface area contributed by atoms with Crippen LogP contribution in [0.5, 0.6) is 11.5 Å². The number of carbonyl (C=O) groups is 2. The van der Waals surface area contributed by atoms with Crippen molar-refractivity contribution in [2.24, 2.45) is 0 Å². The van der Waals surface area contributed by atoms with Crippen LogP contribution in [0.1, 0.15) is 15.2 Å². The van der Waals surface area contributed by atoms with Gasteiger partial charge in [0.25, 0.3) is 5.91 Å². The van der Waals surface area contributed by atoms with Gasteiger partial charge >= 0.3 is 5.97 Å². The van der Waals surface area contributed by atoms with Crippen LogP contribution in [0.2, 0.25) is 0 Å². The Kier molecular flexibility index (Phi) is 6.64. The molecule has 0 bridgehead atoms. The highest BCUT2D eigenvalue weighted by atomic mass is 32.1. The van der Waals surface area contributed by atoms with Gasteiger partial charge in [-0.2, -0.15) is 0 Å². The molecular weight excluding hydrogens is 378 g/mol. The van der Waals surface area contributed by atoms with E-state index in [0.717, 1.165) is 5.56 Å². The predicted octanol–water partition coefficient (Wildman–Crippen LogP) is 4.13. The number of hydrogen-bond donors (Lipinski definition) is 1. The number of methoxy groups -OCH3 is 1. The highest BCUT2D eigenvalue weighted by Gasteiger charge is 2.15. The molecule has 3 rings (SSSR count). The van der Waals surface area contributed by atoms with Crippen LogP contribution in [0, 0.1) is 0 Å². The minimum absolute atomic E-state index is 0.180. The van der Waals surface area contributed by atoms with Crippen LogP contribution in [-0.4, -0.2) is 25.6 Å². The van der Waals surface area contributed by atoms with Gasteiger partial charge in [0.05, 0.1) is 12.8 Å². The molecule has 0 aliphatic rings. The number of nitrogens with one attached hydrogen (secondary N) is 1. The standard InChI is InChI=1S/C21H19NO5S/c1-25-21(24)20-18(11-12-28-20)22-19(23)14-27-17-9-7-16(8-10-17)26-13-15-5-3-2-4-6-15/h2-12H,13-14H2,1H3,(H,22,23). The summed E-state index contributed by atoms with van der Waals surface area (Å²) in [5.41, 5.74) is 1.49. The molecular formula is C21H19NO5S. The van der Waals surface area contributed by atoms with E-state index in [1.807, 2.05) is 30.3 Å². The van der Waals surface area contributed by atoms with E-state index in [1.54, 1.807) is 35.7 Å². The van der Waals surface area contributed by atoms with Crippen molar-refractivity contribution in [1.29, 1.82) is 0 Å². The molecule has 7 heteroatoms. The van der Waals surface area contributed by atoms with Gasteiger partial charge in [-0.1, -0.05) is 30.3 Å². The maximum atomic E-state index is 12.1. The van der Waals surface area contributed by atoms with Gasteiger partial charge in [0.15, 0.2) is 6.61 Å². The van der Waals surface area contributed by atoms with Crippen LogP contribution >= 0.6 is 11.3 Å². The van der Waals surface area contributed by atoms with Crippen molar-refractivity contribution >= 4 is 28.9 Å². The molecule has 1 N–H and O–H groups in total. The summed E-state index contributed by atoms with van der Waals surface area (Å²) < 4.78 is 15.9. The largest absolute Gasteiger partial charge is 0.489 e. The normalized spacial score (nSPS) is 10.2. The SMILES string of the molecule is COC(=O)c1sccc1NC(=O)COc1ccc(OCc2ccccc2)cc1. The Morgan fingerprint density at radius 3 is 2.29 bits per heavy atom. The Labute approximate surface area is 166 Å². The summed E-state index contributed by atoms with van der Waals surface area (Å²) in [7, 11) is 1.30. The highest BCUT2D eigenvalue weighted by Crippen LogP contribution is 2.23. The van der Waals surface area contributed by atoms with Crippen LogP contribution in [0.3, 0.4) is 0 Å². The van der Waals surface area contributed by atoms with Crippen molar-refractivity contribution in [1.82, 2.24) is 0 Å². The van der Waals surface area contributed by atoms with Crippen molar-refractivity contribution in [3.05, 3.63) is 76.5 Å². The van der Waals surface area contributed by atoms with E-state index < -0.39 is 5.97 Å². The molecule has 1 heterocycles. The first-order valence-corrected chi connectivity index (χ1v) is 9.39. The van der Waals surface area contributed by atoms with Crippen LogP contribution in [0.4, 0.5) is 5.69 Å². The summed E-state index contributed by atoms with van der Waals surface area (Å²) in [6, 6.07) is 18.6. The average Bonchev–Trinajstić information content (AvgIpc) is 3.19. The molecule has 144 valence electrons. The fourth-order valence-electron chi connectivity index (χ4n) is 2.37. The first-order valence-electron chi connectivity index (χ1n) is 8.51. The molecule has 0 aliphatic carbocycles. The van der Waals surface area contributed by atoms with E-state index in [0.29, 0.717) is 28.7 Å². The summed E-state index contributed by atoms with van der Waals surface area (Å²) in [6.45, 7) is 0.299. The molecule has 0 radical (unpaired) electrons. The van der Waals surface area contributed by atoms with Gasteiger partial charge in [0.2, 0.25) is 0 Å². The predicted molar refractivity (Wildman–Crippen MR) is 107 cm³/mol. The monoisotopic (exact) mass is 397 g/mol. The Bertz CT molecular complexity index is 921. The molecule has 0 unspecified atom stereocenters. The fourth-order valence-corrected chi connectivity index (χ4v) is 3.13. The van der Waals surface area contributed by atoms with E-state index in [1.165, 1.54) is 18.4 Å². The molecule has 1 amide bonds. The van der Waals surface area contributed by atoms with Crippen LogP contribution in [0.25, 0.3) is 0 Å². The maximum absolute atomic E-state index is 12.1. The lowest BCUT2D eigenvalue weighted by atomic mass is 10.2. The zero-order valence-electron chi connectivity index (χ0n) is 15.2. The lowest BCUT2D eigenvalue weighted by Gasteiger charge is -2.09. The topological polar surface area (TPSA) is 73.9 Å². The second-order valence-electron chi connectivity index (χ2n) is 5.74. The summed E-state index contributed by atoms with van der Waals surface area (Å²) >= 11 is 1.20. The third-order valence-electron chi connectivity index (χ3n) is 3.75. The number of thiophene rings is 1. The summed E-state index contributed by atoms with van der Waals surface area (Å²) in [5.74, 6) is 0.396. The Hall–Kier alpha value is -3.32. The molecule has 0 aliphatic heterocycles. The van der Waals surface area contributed by atoms with Gasteiger partial charge < -0.3 is 19.5 Å². The van der Waals surface area contributed by atoms with Gasteiger partial charge in [-0.25, -0.2) is 4.79 Å². The lowest BCUT2D eigenvalue weighted by Crippen LogP contribution is -2.21. The third kappa shape index (κ3) is 5.34. The first-order chi connectivity index (χ1) is 13.7. The van der Waals surface area contributed by atoms with E-state index >= 15 is 0 Å². The highest BCUT2D eigenvalue weighted by molar-refractivity contribution is 7.12. The minimum atomic E-state index is -0.489. The number of ether oxygens (including phenoxy) is 3. The summed E-state index contributed by atoms with van der Waals surface area (Å²) in [6.07, 6.45) is 0. The zero-order chi connectivity index (χ0) is 19.8. The second kappa shape index (κ2) is 9.57. The number of carbonyl (C=O) groups excluding carboxylic acids is 2. The van der Waals surface area contributed by atoms with Crippen LogP contribution in [0.15, 0.2) is 66.0 Å². The molecule has 6 nitrogen and oxygen atoms in total. The number of rotatable bonds is 8. The van der Waals surface area contributed by atoms with Crippen molar-refractivity contribution < 1.29 is 23.8 Å². The Morgan fingerprint density at radius 2 is 1.61 bits per heavy atom. The average molecular weight is 397 g/mol. The van der Waals surface area contributed by atoms with Crippen molar-refractivity contribution in [3.8, 4) is 11.5 Å². The summed E-state index contributed by atoms with van der Waals surface area (Å²) in [4.78, 5) is 24.0. The van der Waals surface area contributed by atoms with E-state index in [2.05, 4.69) is 10.1 Å². The van der Waals surface area contributed by atoms with Gasteiger partial charge in [0, 0.05) is 0 Å². The van der Waals surface area contributed by atoms with Gasteiger partial charge in [-0.05, 0) is 41.3 Å². The Morgan fingerprint density at radius 1 is 0.929 bits per heavy atom. The molecule has 3 aromatic rings. The van der Waals surface area contributed by atoms with Crippen molar-refractivity contribution in [2.45, 2.75) is 6.61 Å². The smallest absolute Gasteiger partial charge is 0.350 e. The molecule has 0 saturated heterocycles. The zero-order valence-corrected chi connectivity index (χ0v) is 16.0. The van der Waals surface area contributed by atoms with E-state index in [4.69, 9.17) is 9.47 Å². The van der Waals surface area contributed by atoms with Crippen molar-refractivity contribution in [2.75, 3.05) is 19.0 Å². The number of anilines is 1. The third-order valence-corrected chi connectivity index (χ3v) is 4.65. The Balaban J connectivity index is 1.47. The molecule has 0 spiro atoms. The molecule has 0 atom stereocenters. The fraction of sp³-hybridized carbons (Fsp3) is 0.143. The first kappa shape index (κ1) is 19.4. The van der Waals surface area contributed by atoms with Crippen molar-refractivity contribution in [3.63, 3.8) is 0 Å². The lowest BCUT2D eigenvalue weighted by molar-refractivity contribution is -0.118. The number of benzene rings is 2. The number of amides is 1. The molecule has 1 aromatic heterocycles. The maximum Gasteiger partial charge on any atom is 0.350 e. The van der Waals surface area contributed by atoms with E-state index in [-0.39, 0.29) is 12.5 Å². The summed E-state index contributed by atoms with van der Waals surface area (Å²) in [5, 5.41) is 4.35. The molecule has 2 aromatic carbocycles. The van der Waals surface area contributed by atoms with Gasteiger partial charge in [-0.15, -0.1) is 11.3 Å². The number of esters is 1. The quantitative estimate of drug-likeness (QED) is 0.579. The van der Waals surface area contributed by atoms with E-state index in [9.17, 15) is 9.59 Å². The second-order valence-corrected chi connectivity index (χ2v) is 6.65. The molecule has 0 fully saturated rings. The number of hydrogen-bond acceptors (Lipinski definition) is 6. The molecule has 0 saturated carbocycles. The molecule has 28 heavy (non-hydrogen) atoms. The van der Waals surface area contributed by atoms with Gasteiger partial charge in [0.1, 0.15) is 23.0 Å². The van der Waals surface area contributed by atoms with Crippen LogP contribution < -0.4 is 14.8 Å². The van der Waals surface area contributed by atoms with Gasteiger partial charge in [-0.3, -0.25) is 4.79 Å².